The Kier molecular flexibility index (Phi) is 4.15. The third-order valence-corrected chi connectivity index (χ3v) is 5.26. The van der Waals surface area contributed by atoms with E-state index >= 15 is 0 Å². The number of carbonyl (C=O) groups is 2. The number of amides is 1. The summed E-state index contributed by atoms with van der Waals surface area (Å²) in [5.41, 5.74) is 1.24. The quantitative estimate of drug-likeness (QED) is 0.873. The lowest BCUT2D eigenvalue weighted by Gasteiger charge is -2.54. The molecule has 2 fully saturated rings. The number of ether oxygens (including phenoxy) is 1. The minimum Gasteiger partial charge on any atom is -0.478 e. The molecule has 3 atom stereocenters. The summed E-state index contributed by atoms with van der Waals surface area (Å²) in [4.78, 5) is 23.0. The van der Waals surface area contributed by atoms with Gasteiger partial charge in [0, 0.05) is 30.4 Å². The van der Waals surface area contributed by atoms with E-state index in [0.29, 0.717) is 18.8 Å². The van der Waals surface area contributed by atoms with Gasteiger partial charge in [-0.2, -0.15) is 0 Å². The Morgan fingerprint density at radius 1 is 1.30 bits per heavy atom. The van der Waals surface area contributed by atoms with Gasteiger partial charge >= 0.3 is 5.97 Å². The molecule has 1 aliphatic carbocycles. The summed E-state index contributed by atoms with van der Waals surface area (Å²) in [6, 6.07) is 6.88. The molecule has 0 unspecified atom stereocenters. The monoisotopic (exact) mass is 317 g/mol. The molecule has 1 heterocycles. The molecule has 0 radical (unpaired) electrons. The van der Waals surface area contributed by atoms with Crippen molar-refractivity contribution in [2.45, 2.75) is 45.3 Å². The van der Waals surface area contributed by atoms with Gasteiger partial charge in [-0.15, -0.1) is 0 Å². The first-order valence-electron chi connectivity index (χ1n) is 8.13. The van der Waals surface area contributed by atoms with E-state index in [1.165, 1.54) is 0 Å². The molecule has 0 aromatic heterocycles. The Morgan fingerprint density at radius 2 is 2.00 bits per heavy atom. The second-order valence-corrected chi connectivity index (χ2v) is 7.11. The second-order valence-electron chi connectivity index (χ2n) is 7.11. The molecule has 1 aliphatic heterocycles. The molecule has 5 heteroatoms. The molecular weight excluding hydrogens is 294 g/mol. The molecule has 1 aromatic carbocycles. The smallest absolute Gasteiger partial charge is 0.335 e. The van der Waals surface area contributed by atoms with Gasteiger partial charge in [-0.05, 0) is 30.5 Å². The lowest BCUT2D eigenvalue weighted by molar-refractivity contribution is -0.137. The van der Waals surface area contributed by atoms with Crippen LogP contribution in [0.3, 0.4) is 0 Å². The lowest BCUT2D eigenvalue weighted by Crippen LogP contribution is -2.66. The summed E-state index contributed by atoms with van der Waals surface area (Å²) in [6.45, 7) is 5.09. The van der Waals surface area contributed by atoms with Crippen LogP contribution in [0.15, 0.2) is 24.3 Å². The molecule has 2 N–H and O–H groups in total. The molecule has 124 valence electrons. The van der Waals surface area contributed by atoms with Crippen LogP contribution in [0.5, 0.6) is 0 Å². The van der Waals surface area contributed by atoms with Gasteiger partial charge in [-0.1, -0.05) is 26.0 Å². The third-order valence-electron chi connectivity index (χ3n) is 5.26. The van der Waals surface area contributed by atoms with Crippen molar-refractivity contribution in [3.63, 3.8) is 0 Å². The average Bonchev–Trinajstić information content (AvgIpc) is 2.98. The minimum absolute atomic E-state index is 0.0000372. The topological polar surface area (TPSA) is 75.6 Å². The average molecular weight is 317 g/mol. The first-order valence-corrected chi connectivity index (χ1v) is 8.13. The Morgan fingerprint density at radius 3 is 2.65 bits per heavy atom. The normalized spacial score (nSPS) is 27.8. The van der Waals surface area contributed by atoms with Crippen LogP contribution in [-0.2, 0) is 16.0 Å². The van der Waals surface area contributed by atoms with Gasteiger partial charge in [0.15, 0.2) is 0 Å². The standard InChI is InChI=1S/C18H23NO4/c1-18(2)15(13-9-10-23-16(13)18)19-14(20)8-5-11-3-6-12(7-4-11)17(21)22/h3-4,6-7,13,15-16H,5,8-10H2,1-2H3,(H,19,20)(H,21,22)/t13-,15-,16-/m1/s1. The largest absolute Gasteiger partial charge is 0.478 e. The number of aromatic carboxylic acids is 1. The molecule has 23 heavy (non-hydrogen) atoms. The fraction of sp³-hybridized carbons (Fsp3) is 0.556. The number of hydrogen-bond acceptors (Lipinski definition) is 3. The summed E-state index contributed by atoms with van der Waals surface area (Å²) < 4.78 is 5.74. The molecule has 1 aromatic rings. The molecule has 3 rings (SSSR count). The predicted molar refractivity (Wildman–Crippen MR) is 85.3 cm³/mol. The highest BCUT2D eigenvalue weighted by Crippen LogP contribution is 2.52. The van der Waals surface area contributed by atoms with Crippen LogP contribution in [0, 0.1) is 11.3 Å². The molecule has 2 aliphatic rings. The first kappa shape index (κ1) is 16.0. The Hall–Kier alpha value is -1.88. The van der Waals surface area contributed by atoms with Gasteiger partial charge in [0.2, 0.25) is 5.91 Å². The van der Waals surface area contributed by atoms with E-state index in [9.17, 15) is 9.59 Å². The molecule has 5 nitrogen and oxygen atoms in total. The lowest BCUT2D eigenvalue weighted by atomic mass is 9.57. The van der Waals surface area contributed by atoms with Crippen LogP contribution in [0.25, 0.3) is 0 Å². The maximum atomic E-state index is 12.2. The zero-order valence-corrected chi connectivity index (χ0v) is 13.5. The zero-order valence-electron chi connectivity index (χ0n) is 13.5. The molecule has 0 bridgehead atoms. The van der Waals surface area contributed by atoms with E-state index in [4.69, 9.17) is 9.84 Å². The van der Waals surface area contributed by atoms with Gasteiger partial charge in [0.1, 0.15) is 0 Å². The number of carbonyl (C=O) groups excluding carboxylic acids is 1. The third kappa shape index (κ3) is 2.98. The first-order chi connectivity index (χ1) is 10.9. The van der Waals surface area contributed by atoms with Gasteiger partial charge in [-0.25, -0.2) is 4.79 Å². The van der Waals surface area contributed by atoms with E-state index in [1.807, 2.05) is 0 Å². The highest BCUT2D eigenvalue weighted by Gasteiger charge is 2.59. The summed E-state index contributed by atoms with van der Waals surface area (Å²) in [5, 5.41) is 12.0. The Bertz CT molecular complexity index is 608. The van der Waals surface area contributed by atoms with Crippen LogP contribution in [0.2, 0.25) is 0 Å². The van der Waals surface area contributed by atoms with Crippen molar-refractivity contribution in [3.8, 4) is 0 Å². The van der Waals surface area contributed by atoms with Crippen LogP contribution in [-0.4, -0.2) is 35.7 Å². The van der Waals surface area contributed by atoms with Gasteiger partial charge in [0.05, 0.1) is 11.7 Å². The van der Waals surface area contributed by atoms with Crippen LogP contribution >= 0.6 is 0 Å². The van der Waals surface area contributed by atoms with E-state index in [0.717, 1.165) is 18.6 Å². The van der Waals surface area contributed by atoms with Crippen LogP contribution < -0.4 is 5.32 Å². The van der Waals surface area contributed by atoms with Crippen LogP contribution in [0.1, 0.15) is 42.6 Å². The summed E-state index contributed by atoms with van der Waals surface area (Å²) >= 11 is 0. The number of benzene rings is 1. The van der Waals surface area contributed by atoms with E-state index in [2.05, 4.69) is 19.2 Å². The number of carboxylic acid groups (broad SMARTS) is 1. The second kappa shape index (κ2) is 5.96. The number of rotatable bonds is 5. The van der Waals surface area contributed by atoms with E-state index in [-0.39, 0.29) is 29.0 Å². The van der Waals surface area contributed by atoms with Gasteiger partial charge in [-0.3, -0.25) is 4.79 Å². The zero-order chi connectivity index (χ0) is 16.6. The number of nitrogens with one attached hydrogen (secondary N) is 1. The fourth-order valence-electron chi connectivity index (χ4n) is 3.93. The number of hydrogen-bond donors (Lipinski definition) is 2. The molecule has 1 amide bonds. The van der Waals surface area contributed by atoms with Crippen molar-refractivity contribution in [1.82, 2.24) is 5.32 Å². The molecule has 1 saturated heterocycles. The summed E-state index contributed by atoms with van der Waals surface area (Å²) in [6.07, 6.45) is 2.33. The number of carboxylic acids is 1. The molecular formula is C18H23NO4. The van der Waals surface area contributed by atoms with E-state index < -0.39 is 5.97 Å². The summed E-state index contributed by atoms with van der Waals surface area (Å²) in [7, 11) is 0. The SMILES string of the molecule is CC1(C)[C@H](NC(=O)CCc2ccc(C(=O)O)cc2)[C@H]2CCO[C@H]21. The molecule has 0 spiro atoms. The van der Waals surface area contributed by atoms with Crippen molar-refractivity contribution in [3.05, 3.63) is 35.4 Å². The van der Waals surface area contributed by atoms with Crippen molar-refractivity contribution >= 4 is 11.9 Å². The fourth-order valence-corrected chi connectivity index (χ4v) is 3.93. The maximum absolute atomic E-state index is 12.2. The van der Waals surface area contributed by atoms with E-state index in [1.54, 1.807) is 24.3 Å². The summed E-state index contributed by atoms with van der Waals surface area (Å²) in [5.74, 6) is -0.436. The Balaban J connectivity index is 1.51. The van der Waals surface area contributed by atoms with Crippen LogP contribution in [0.4, 0.5) is 0 Å². The van der Waals surface area contributed by atoms with Crippen molar-refractivity contribution in [2.24, 2.45) is 11.3 Å². The number of aryl methyl sites for hydroxylation is 1. The predicted octanol–water partition coefficient (Wildman–Crippen LogP) is 2.25. The van der Waals surface area contributed by atoms with Crippen molar-refractivity contribution < 1.29 is 19.4 Å². The van der Waals surface area contributed by atoms with Crippen molar-refractivity contribution in [2.75, 3.05) is 6.61 Å². The van der Waals surface area contributed by atoms with Crippen molar-refractivity contribution in [1.29, 1.82) is 0 Å². The Labute approximate surface area is 136 Å². The molecule has 1 saturated carbocycles. The maximum Gasteiger partial charge on any atom is 0.335 e. The number of fused-ring (bicyclic) bond motifs is 1. The highest BCUT2D eigenvalue weighted by molar-refractivity contribution is 5.87. The van der Waals surface area contributed by atoms with Gasteiger partial charge in [0.25, 0.3) is 0 Å². The highest BCUT2D eigenvalue weighted by atomic mass is 16.5. The minimum atomic E-state index is -0.935. The van der Waals surface area contributed by atoms with Gasteiger partial charge < -0.3 is 15.2 Å².